The SMILES string of the molecule is COCC(NC(=O)c1ccc(N)c(C)c1)C(C)C. The van der Waals surface area contributed by atoms with E-state index in [4.69, 9.17) is 10.5 Å². The molecule has 4 nitrogen and oxygen atoms in total. The van der Waals surface area contributed by atoms with Gasteiger partial charge >= 0.3 is 0 Å². The lowest BCUT2D eigenvalue weighted by Crippen LogP contribution is -2.41. The van der Waals surface area contributed by atoms with Gasteiger partial charge in [0.15, 0.2) is 0 Å². The second-order valence-corrected chi connectivity index (χ2v) is 4.85. The molecule has 0 fully saturated rings. The summed E-state index contributed by atoms with van der Waals surface area (Å²) in [5.41, 5.74) is 7.97. The molecule has 3 N–H and O–H groups in total. The van der Waals surface area contributed by atoms with Crippen LogP contribution in [0, 0.1) is 12.8 Å². The van der Waals surface area contributed by atoms with Crippen molar-refractivity contribution >= 4 is 11.6 Å². The van der Waals surface area contributed by atoms with Gasteiger partial charge in [-0.3, -0.25) is 4.79 Å². The summed E-state index contributed by atoms with van der Waals surface area (Å²) in [4.78, 5) is 12.1. The Morgan fingerprint density at radius 1 is 1.44 bits per heavy atom. The Morgan fingerprint density at radius 2 is 2.11 bits per heavy atom. The van der Waals surface area contributed by atoms with E-state index < -0.39 is 0 Å². The first-order valence-corrected chi connectivity index (χ1v) is 6.11. The van der Waals surface area contributed by atoms with Crippen LogP contribution in [0.3, 0.4) is 0 Å². The first kappa shape index (κ1) is 14.5. The van der Waals surface area contributed by atoms with E-state index in [-0.39, 0.29) is 11.9 Å². The first-order chi connectivity index (χ1) is 8.45. The topological polar surface area (TPSA) is 64.3 Å². The van der Waals surface area contributed by atoms with Gasteiger partial charge < -0.3 is 15.8 Å². The molecule has 0 heterocycles. The second kappa shape index (κ2) is 6.40. The zero-order valence-corrected chi connectivity index (χ0v) is 11.5. The quantitative estimate of drug-likeness (QED) is 0.785. The van der Waals surface area contributed by atoms with Crippen LogP contribution in [0.2, 0.25) is 0 Å². The molecule has 0 aliphatic rings. The van der Waals surface area contributed by atoms with E-state index in [1.165, 1.54) is 0 Å². The Balaban J connectivity index is 2.77. The van der Waals surface area contributed by atoms with E-state index in [1.807, 2.05) is 6.92 Å². The maximum absolute atomic E-state index is 12.1. The minimum atomic E-state index is -0.0890. The highest BCUT2D eigenvalue weighted by molar-refractivity contribution is 5.95. The molecule has 1 unspecified atom stereocenters. The third kappa shape index (κ3) is 3.74. The second-order valence-electron chi connectivity index (χ2n) is 4.85. The van der Waals surface area contributed by atoms with Crippen LogP contribution in [-0.2, 0) is 4.74 Å². The summed E-state index contributed by atoms with van der Waals surface area (Å²) in [6, 6.07) is 5.31. The van der Waals surface area contributed by atoms with E-state index in [0.29, 0.717) is 23.8 Å². The molecular formula is C14H22N2O2. The Bertz CT molecular complexity index is 416. The predicted octanol–water partition coefficient (Wildman–Crippen LogP) is 1.98. The van der Waals surface area contributed by atoms with Gasteiger partial charge in [-0.15, -0.1) is 0 Å². The largest absolute Gasteiger partial charge is 0.399 e. The third-order valence-corrected chi connectivity index (χ3v) is 3.00. The van der Waals surface area contributed by atoms with Gasteiger partial charge in [0.2, 0.25) is 0 Å². The van der Waals surface area contributed by atoms with Crippen molar-refractivity contribution in [1.29, 1.82) is 0 Å². The number of aryl methyl sites for hydroxylation is 1. The fourth-order valence-corrected chi connectivity index (χ4v) is 1.65. The number of ether oxygens (including phenoxy) is 1. The number of methoxy groups -OCH3 is 1. The molecule has 0 saturated carbocycles. The highest BCUT2D eigenvalue weighted by Crippen LogP contribution is 2.13. The third-order valence-electron chi connectivity index (χ3n) is 3.00. The van der Waals surface area contributed by atoms with Crippen LogP contribution in [0.4, 0.5) is 5.69 Å². The van der Waals surface area contributed by atoms with Gasteiger partial charge in [-0.2, -0.15) is 0 Å². The number of hydrogen-bond donors (Lipinski definition) is 2. The summed E-state index contributed by atoms with van der Waals surface area (Å²) in [6.45, 7) is 6.51. The van der Waals surface area contributed by atoms with Crippen LogP contribution >= 0.6 is 0 Å². The lowest BCUT2D eigenvalue weighted by Gasteiger charge is -2.21. The average Bonchev–Trinajstić information content (AvgIpc) is 2.31. The molecule has 0 aromatic heterocycles. The van der Waals surface area contributed by atoms with Crippen LogP contribution in [-0.4, -0.2) is 25.7 Å². The maximum atomic E-state index is 12.1. The number of benzene rings is 1. The lowest BCUT2D eigenvalue weighted by molar-refractivity contribution is 0.0866. The summed E-state index contributed by atoms with van der Waals surface area (Å²) >= 11 is 0. The molecule has 1 aromatic rings. The molecule has 1 rings (SSSR count). The number of rotatable bonds is 5. The van der Waals surface area contributed by atoms with Crippen molar-refractivity contribution in [3.8, 4) is 0 Å². The van der Waals surface area contributed by atoms with Gasteiger partial charge in [0, 0.05) is 18.4 Å². The van der Waals surface area contributed by atoms with Crippen molar-refractivity contribution < 1.29 is 9.53 Å². The number of hydrogen-bond acceptors (Lipinski definition) is 3. The van der Waals surface area contributed by atoms with Gasteiger partial charge in [0.1, 0.15) is 0 Å². The van der Waals surface area contributed by atoms with E-state index in [1.54, 1.807) is 25.3 Å². The van der Waals surface area contributed by atoms with Gasteiger partial charge in [0.25, 0.3) is 5.91 Å². The molecule has 100 valence electrons. The van der Waals surface area contributed by atoms with Crippen molar-refractivity contribution in [2.45, 2.75) is 26.8 Å². The molecule has 1 atom stereocenters. The smallest absolute Gasteiger partial charge is 0.251 e. The molecular weight excluding hydrogens is 228 g/mol. The highest BCUT2D eigenvalue weighted by Gasteiger charge is 2.17. The average molecular weight is 250 g/mol. The zero-order chi connectivity index (χ0) is 13.7. The molecule has 0 aliphatic heterocycles. The number of carbonyl (C=O) groups is 1. The van der Waals surface area contributed by atoms with Crippen molar-refractivity contribution in [2.75, 3.05) is 19.5 Å². The molecule has 0 aliphatic carbocycles. The minimum Gasteiger partial charge on any atom is -0.399 e. The van der Waals surface area contributed by atoms with E-state index in [2.05, 4.69) is 19.2 Å². The van der Waals surface area contributed by atoms with Crippen LogP contribution in [0.1, 0.15) is 29.8 Å². The van der Waals surface area contributed by atoms with Crippen LogP contribution in [0.5, 0.6) is 0 Å². The van der Waals surface area contributed by atoms with Crippen LogP contribution in [0.15, 0.2) is 18.2 Å². The molecule has 0 spiro atoms. The van der Waals surface area contributed by atoms with Crippen molar-refractivity contribution in [3.05, 3.63) is 29.3 Å². The summed E-state index contributed by atoms with van der Waals surface area (Å²) in [7, 11) is 1.63. The Labute approximate surface area is 109 Å². The standard InChI is InChI=1S/C14H22N2O2/c1-9(2)13(8-18-4)16-14(17)11-5-6-12(15)10(3)7-11/h5-7,9,13H,8,15H2,1-4H3,(H,16,17). The summed E-state index contributed by atoms with van der Waals surface area (Å²) in [6.07, 6.45) is 0. The van der Waals surface area contributed by atoms with Gasteiger partial charge in [-0.05, 0) is 36.6 Å². The fourth-order valence-electron chi connectivity index (χ4n) is 1.65. The van der Waals surface area contributed by atoms with E-state index >= 15 is 0 Å². The van der Waals surface area contributed by atoms with Crippen LogP contribution in [0.25, 0.3) is 0 Å². The number of anilines is 1. The lowest BCUT2D eigenvalue weighted by atomic mass is 10.0. The van der Waals surface area contributed by atoms with Crippen molar-refractivity contribution in [2.24, 2.45) is 5.92 Å². The minimum absolute atomic E-state index is 0.0142. The Morgan fingerprint density at radius 3 is 2.61 bits per heavy atom. The zero-order valence-electron chi connectivity index (χ0n) is 11.5. The molecule has 4 heteroatoms. The predicted molar refractivity (Wildman–Crippen MR) is 73.6 cm³/mol. The molecule has 1 aromatic carbocycles. The van der Waals surface area contributed by atoms with Crippen molar-refractivity contribution in [3.63, 3.8) is 0 Å². The number of nitrogens with two attached hydrogens (primary N) is 1. The molecule has 18 heavy (non-hydrogen) atoms. The Hall–Kier alpha value is -1.55. The highest BCUT2D eigenvalue weighted by atomic mass is 16.5. The Kier molecular flexibility index (Phi) is 5.16. The number of nitrogens with one attached hydrogen (secondary N) is 1. The molecule has 0 saturated heterocycles. The normalized spacial score (nSPS) is 12.5. The molecule has 1 amide bonds. The monoisotopic (exact) mass is 250 g/mol. The molecule has 0 bridgehead atoms. The number of nitrogen functional groups attached to an aromatic ring is 1. The fraction of sp³-hybridized carbons (Fsp3) is 0.500. The number of amides is 1. The summed E-state index contributed by atoms with van der Waals surface area (Å²) in [5.74, 6) is 0.234. The summed E-state index contributed by atoms with van der Waals surface area (Å²) in [5, 5.41) is 2.98. The molecule has 0 radical (unpaired) electrons. The van der Waals surface area contributed by atoms with Gasteiger partial charge in [-0.25, -0.2) is 0 Å². The summed E-state index contributed by atoms with van der Waals surface area (Å²) < 4.78 is 5.11. The van der Waals surface area contributed by atoms with Gasteiger partial charge in [0.05, 0.1) is 12.6 Å². The number of carbonyl (C=O) groups excluding carboxylic acids is 1. The first-order valence-electron chi connectivity index (χ1n) is 6.11. The van der Waals surface area contributed by atoms with Crippen LogP contribution < -0.4 is 11.1 Å². The van der Waals surface area contributed by atoms with Gasteiger partial charge in [-0.1, -0.05) is 13.8 Å². The van der Waals surface area contributed by atoms with E-state index in [9.17, 15) is 4.79 Å². The van der Waals surface area contributed by atoms with E-state index in [0.717, 1.165) is 5.56 Å². The van der Waals surface area contributed by atoms with Crippen molar-refractivity contribution in [1.82, 2.24) is 5.32 Å². The maximum Gasteiger partial charge on any atom is 0.251 e.